The van der Waals surface area contributed by atoms with Gasteiger partial charge in [0.1, 0.15) is 11.4 Å². The summed E-state index contributed by atoms with van der Waals surface area (Å²) in [5.41, 5.74) is 0.0314. The predicted octanol–water partition coefficient (Wildman–Crippen LogP) is 1.60. The number of carbonyl (C=O) groups excluding carboxylic acids is 3. The monoisotopic (exact) mass is 403 g/mol. The normalized spacial score (nSPS) is 20.1. The Kier molecular flexibility index (Phi) is 6.24. The first-order valence-electron chi connectivity index (χ1n) is 9.98. The molecule has 2 aliphatic heterocycles. The van der Waals surface area contributed by atoms with Crippen LogP contribution in [0.3, 0.4) is 0 Å². The van der Waals surface area contributed by atoms with E-state index in [0.717, 1.165) is 12.8 Å². The van der Waals surface area contributed by atoms with E-state index in [1.165, 1.54) is 0 Å². The SMILES string of the molecule is CC(C)(C)OC(=O)N1CCC[C@@H](C(=O)Nc2ccc(N3CCNC(=O)C3)nc2)C1. The van der Waals surface area contributed by atoms with E-state index in [1.54, 1.807) is 23.2 Å². The highest BCUT2D eigenvalue weighted by Gasteiger charge is 2.31. The second kappa shape index (κ2) is 8.67. The van der Waals surface area contributed by atoms with Crippen LogP contribution in [0, 0.1) is 5.92 Å². The molecule has 0 spiro atoms. The lowest BCUT2D eigenvalue weighted by atomic mass is 9.97. The average Bonchev–Trinajstić information content (AvgIpc) is 2.67. The van der Waals surface area contributed by atoms with Gasteiger partial charge in [0.15, 0.2) is 0 Å². The zero-order valence-corrected chi connectivity index (χ0v) is 17.2. The summed E-state index contributed by atoms with van der Waals surface area (Å²) in [6.45, 7) is 7.99. The minimum Gasteiger partial charge on any atom is -0.444 e. The van der Waals surface area contributed by atoms with Gasteiger partial charge < -0.3 is 25.2 Å². The molecule has 29 heavy (non-hydrogen) atoms. The van der Waals surface area contributed by atoms with Crippen molar-refractivity contribution in [1.82, 2.24) is 15.2 Å². The van der Waals surface area contributed by atoms with Gasteiger partial charge >= 0.3 is 6.09 Å². The van der Waals surface area contributed by atoms with E-state index >= 15 is 0 Å². The lowest BCUT2D eigenvalue weighted by Gasteiger charge is -2.33. The number of pyridine rings is 1. The number of amides is 3. The van der Waals surface area contributed by atoms with E-state index in [1.807, 2.05) is 25.7 Å². The van der Waals surface area contributed by atoms with Crippen molar-refractivity contribution in [1.29, 1.82) is 0 Å². The minimum atomic E-state index is -0.561. The summed E-state index contributed by atoms with van der Waals surface area (Å²) < 4.78 is 5.41. The van der Waals surface area contributed by atoms with E-state index in [4.69, 9.17) is 4.74 Å². The molecular weight excluding hydrogens is 374 g/mol. The largest absolute Gasteiger partial charge is 0.444 e. The maximum Gasteiger partial charge on any atom is 0.410 e. The Hall–Kier alpha value is -2.84. The highest BCUT2D eigenvalue weighted by atomic mass is 16.6. The number of hydrogen-bond acceptors (Lipinski definition) is 6. The van der Waals surface area contributed by atoms with Crippen LogP contribution in [0.2, 0.25) is 0 Å². The van der Waals surface area contributed by atoms with Crippen molar-refractivity contribution in [2.24, 2.45) is 5.92 Å². The van der Waals surface area contributed by atoms with Crippen molar-refractivity contribution in [3.8, 4) is 0 Å². The van der Waals surface area contributed by atoms with Crippen molar-refractivity contribution in [3.05, 3.63) is 18.3 Å². The number of nitrogens with one attached hydrogen (secondary N) is 2. The zero-order chi connectivity index (χ0) is 21.0. The van der Waals surface area contributed by atoms with Crippen molar-refractivity contribution >= 4 is 29.4 Å². The number of hydrogen-bond donors (Lipinski definition) is 2. The van der Waals surface area contributed by atoms with Gasteiger partial charge in [-0.05, 0) is 45.7 Å². The number of likely N-dealkylation sites (tertiary alicyclic amines) is 1. The standard InChI is InChI=1S/C20H29N5O4/c1-20(2,3)29-19(28)25-9-4-5-14(12-25)18(27)23-15-6-7-16(22-11-15)24-10-8-21-17(26)13-24/h6-7,11,14H,4-5,8-10,12-13H2,1-3H3,(H,21,26)(H,23,27)/t14-/m1/s1. The summed E-state index contributed by atoms with van der Waals surface area (Å²) in [4.78, 5) is 44.3. The molecule has 158 valence electrons. The first kappa shape index (κ1) is 20.9. The number of piperidine rings is 1. The number of rotatable bonds is 3. The van der Waals surface area contributed by atoms with Gasteiger partial charge in [-0.2, -0.15) is 0 Å². The zero-order valence-electron chi connectivity index (χ0n) is 17.2. The maximum atomic E-state index is 12.7. The Morgan fingerprint density at radius 1 is 1.28 bits per heavy atom. The molecule has 0 saturated carbocycles. The van der Waals surface area contributed by atoms with Gasteiger partial charge in [0.05, 0.1) is 24.3 Å². The fourth-order valence-electron chi connectivity index (χ4n) is 3.41. The van der Waals surface area contributed by atoms with Gasteiger partial charge in [-0.15, -0.1) is 0 Å². The lowest BCUT2D eigenvalue weighted by Crippen LogP contribution is -2.48. The van der Waals surface area contributed by atoms with E-state index in [0.29, 0.717) is 37.7 Å². The molecule has 0 aromatic carbocycles. The number of anilines is 2. The summed E-state index contributed by atoms with van der Waals surface area (Å²) >= 11 is 0. The van der Waals surface area contributed by atoms with Crippen LogP contribution in [0.15, 0.2) is 18.3 Å². The lowest BCUT2D eigenvalue weighted by molar-refractivity contribution is -0.121. The Morgan fingerprint density at radius 2 is 2.07 bits per heavy atom. The number of aromatic nitrogens is 1. The fourth-order valence-corrected chi connectivity index (χ4v) is 3.41. The molecule has 3 amide bonds. The Morgan fingerprint density at radius 3 is 2.72 bits per heavy atom. The second-order valence-electron chi connectivity index (χ2n) is 8.43. The fraction of sp³-hybridized carbons (Fsp3) is 0.600. The molecule has 0 aliphatic carbocycles. The molecule has 2 aliphatic rings. The molecule has 3 rings (SSSR count). The third-order valence-corrected chi connectivity index (χ3v) is 4.82. The molecule has 1 atom stereocenters. The molecule has 0 bridgehead atoms. The van der Waals surface area contributed by atoms with Crippen LogP contribution in [0.5, 0.6) is 0 Å². The predicted molar refractivity (Wildman–Crippen MR) is 109 cm³/mol. The Labute approximate surface area is 170 Å². The van der Waals surface area contributed by atoms with Crippen molar-refractivity contribution in [3.63, 3.8) is 0 Å². The van der Waals surface area contributed by atoms with E-state index in [-0.39, 0.29) is 30.4 Å². The minimum absolute atomic E-state index is 0.0257. The van der Waals surface area contributed by atoms with E-state index in [9.17, 15) is 14.4 Å². The molecule has 2 saturated heterocycles. The molecular formula is C20H29N5O4. The smallest absolute Gasteiger partial charge is 0.410 e. The second-order valence-corrected chi connectivity index (χ2v) is 8.43. The topological polar surface area (TPSA) is 104 Å². The molecule has 1 aromatic heterocycles. The third kappa shape index (κ3) is 5.82. The first-order chi connectivity index (χ1) is 13.7. The van der Waals surface area contributed by atoms with Gasteiger partial charge in [-0.3, -0.25) is 9.59 Å². The Balaban J connectivity index is 1.55. The maximum absolute atomic E-state index is 12.7. The molecule has 1 aromatic rings. The molecule has 0 radical (unpaired) electrons. The first-order valence-corrected chi connectivity index (χ1v) is 9.98. The van der Waals surface area contributed by atoms with Crippen LogP contribution in [0.4, 0.5) is 16.3 Å². The number of piperazine rings is 1. The number of carbonyl (C=O) groups is 3. The summed E-state index contributed by atoms with van der Waals surface area (Å²) in [6, 6.07) is 3.57. The number of nitrogens with zero attached hydrogens (tertiary/aromatic N) is 3. The van der Waals surface area contributed by atoms with Gasteiger partial charge in [-0.1, -0.05) is 0 Å². The molecule has 2 fully saturated rings. The molecule has 3 heterocycles. The van der Waals surface area contributed by atoms with Gasteiger partial charge in [0.2, 0.25) is 11.8 Å². The highest BCUT2D eigenvalue weighted by Crippen LogP contribution is 2.22. The third-order valence-electron chi connectivity index (χ3n) is 4.82. The summed E-state index contributed by atoms with van der Waals surface area (Å²) in [6.07, 6.45) is 2.69. The van der Waals surface area contributed by atoms with Gasteiger partial charge in [-0.25, -0.2) is 9.78 Å². The van der Waals surface area contributed by atoms with Crippen LogP contribution in [0.25, 0.3) is 0 Å². The Bertz CT molecular complexity index is 759. The van der Waals surface area contributed by atoms with Crippen molar-refractivity contribution in [2.75, 3.05) is 42.9 Å². The summed E-state index contributed by atoms with van der Waals surface area (Å²) in [7, 11) is 0. The quantitative estimate of drug-likeness (QED) is 0.795. The van der Waals surface area contributed by atoms with Crippen molar-refractivity contribution < 1.29 is 19.1 Å². The van der Waals surface area contributed by atoms with Gasteiger partial charge in [0, 0.05) is 26.2 Å². The van der Waals surface area contributed by atoms with Crippen LogP contribution < -0.4 is 15.5 Å². The molecule has 0 unspecified atom stereocenters. The highest BCUT2D eigenvalue weighted by molar-refractivity contribution is 5.93. The van der Waals surface area contributed by atoms with Crippen LogP contribution in [0.1, 0.15) is 33.6 Å². The van der Waals surface area contributed by atoms with E-state index < -0.39 is 5.60 Å². The van der Waals surface area contributed by atoms with Gasteiger partial charge in [0.25, 0.3) is 0 Å². The van der Waals surface area contributed by atoms with Crippen LogP contribution in [-0.4, -0.2) is 66.1 Å². The summed E-state index contributed by atoms with van der Waals surface area (Å²) in [5.74, 6) is 0.251. The molecule has 9 heteroatoms. The summed E-state index contributed by atoms with van der Waals surface area (Å²) in [5, 5.41) is 5.66. The average molecular weight is 403 g/mol. The number of ether oxygens (including phenoxy) is 1. The molecule has 2 N–H and O–H groups in total. The van der Waals surface area contributed by atoms with E-state index in [2.05, 4.69) is 15.6 Å². The van der Waals surface area contributed by atoms with Crippen LogP contribution in [-0.2, 0) is 14.3 Å². The van der Waals surface area contributed by atoms with Crippen molar-refractivity contribution in [2.45, 2.75) is 39.2 Å². The molecule has 9 nitrogen and oxygen atoms in total. The van der Waals surface area contributed by atoms with Crippen LogP contribution >= 0.6 is 0 Å².